The highest BCUT2D eigenvalue weighted by molar-refractivity contribution is 8.00. The lowest BCUT2D eigenvalue weighted by Gasteiger charge is -2.14. The lowest BCUT2D eigenvalue weighted by molar-refractivity contribution is -0.133. The van der Waals surface area contributed by atoms with Crippen LogP contribution in [0, 0.1) is 0 Å². The summed E-state index contributed by atoms with van der Waals surface area (Å²) in [6.45, 7) is 0.521. The van der Waals surface area contributed by atoms with Crippen LogP contribution < -0.4 is 16.4 Å². The van der Waals surface area contributed by atoms with Gasteiger partial charge in [0, 0.05) is 11.4 Å². The molecular weight excluding hydrogens is 406 g/mol. The molecule has 2 aromatic carbocycles. The number of aliphatic carboxylic acids is 1. The Morgan fingerprint density at radius 3 is 2.50 bits per heavy atom. The third kappa shape index (κ3) is 8.54. The summed E-state index contributed by atoms with van der Waals surface area (Å²) in [6.07, 6.45) is 0.348. The highest BCUT2D eigenvalue weighted by atomic mass is 32.2. The van der Waals surface area contributed by atoms with Gasteiger partial charge in [0.1, 0.15) is 6.61 Å². The molecule has 0 unspecified atom stereocenters. The molecule has 2 amide bonds. The van der Waals surface area contributed by atoms with E-state index in [1.807, 2.05) is 30.3 Å². The molecule has 0 spiro atoms. The molecule has 0 radical (unpaired) electrons. The Morgan fingerprint density at radius 2 is 1.77 bits per heavy atom. The van der Waals surface area contributed by atoms with Gasteiger partial charge >= 0.3 is 12.1 Å². The molecule has 2 rings (SSSR count). The fourth-order valence-electron chi connectivity index (χ4n) is 2.48. The minimum absolute atomic E-state index is 0.106. The summed E-state index contributed by atoms with van der Waals surface area (Å²) in [5, 5.41) is 14.2. The molecule has 30 heavy (non-hydrogen) atoms. The van der Waals surface area contributed by atoms with Crippen LogP contribution in [0.2, 0.25) is 0 Å². The number of ether oxygens (including phenoxy) is 1. The second kappa shape index (κ2) is 12.5. The average molecular weight is 432 g/mol. The summed E-state index contributed by atoms with van der Waals surface area (Å²) >= 11 is 1.12. The highest BCUT2D eigenvalue weighted by Crippen LogP contribution is 2.26. The number of hydrogen-bond acceptors (Lipinski definition) is 6. The first-order chi connectivity index (χ1) is 14.5. The van der Waals surface area contributed by atoms with Crippen molar-refractivity contribution in [3.8, 4) is 0 Å². The summed E-state index contributed by atoms with van der Waals surface area (Å²) in [4.78, 5) is 35.4. The lowest BCUT2D eigenvalue weighted by atomic mass is 10.1. The van der Waals surface area contributed by atoms with Gasteiger partial charge in [-0.15, -0.1) is 11.8 Å². The first kappa shape index (κ1) is 23.2. The minimum Gasteiger partial charge on any atom is -0.481 e. The number of amides is 2. The standard InChI is InChI=1S/C21H25N3O5S/c22-16(9-6-12-23-21(28)29-13-15-7-2-1-3-8-15)20(27)24-17-10-4-5-11-18(17)30-14-19(25)26/h1-5,7-8,10-11,16H,6,9,12-14,22H2,(H,23,28)(H,24,27)(H,25,26)/t16-/m0/s1. The van der Waals surface area contributed by atoms with Gasteiger partial charge in [-0.2, -0.15) is 0 Å². The molecule has 0 aliphatic carbocycles. The van der Waals surface area contributed by atoms with Crippen molar-refractivity contribution in [2.24, 2.45) is 5.73 Å². The van der Waals surface area contributed by atoms with Crippen LogP contribution in [0.3, 0.4) is 0 Å². The zero-order valence-corrected chi connectivity index (χ0v) is 17.2. The normalized spacial score (nSPS) is 11.4. The second-order valence-electron chi connectivity index (χ2n) is 6.41. The van der Waals surface area contributed by atoms with Gasteiger partial charge in [-0.05, 0) is 30.5 Å². The first-order valence-corrected chi connectivity index (χ1v) is 10.4. The van der Waals surface area contributed by atoms with Gasteiger partial charge in [0.15, 0.2) is 0 Å². The SMILES string of the molecule is N[C@@H](CCCNC(=O)OCc1ccccc1)C(=O)Nc1ccccc1SCC(=O)O. The molecule has 1 atom stereocenters. The van der Waals surface area contributed by atoms with E-state index in [0.29, 0.717) is 30.0 Å². The summed E-state index contributed by atoms with van der Waals surface area (Å²) in [6, 6.07) is 15.5. The Balaban J connectivity index is 1.68. The molecule has 0 aliphatic rings. The number of hydrogen-bond donors (Lipinski definition) is 4. The van der Waals surface area contributed by atoms with Crippen LogP contribution in [-0.2, 0) is 20.9 Å². The Labute approximate surface area is 179 Å². The Hall–Kier alpha value is -3.04. The molecule has 9 heteroatoms. The third-order valence-electron chi connectivity index (χ3n) is 4.01. The van der Waals surface area contributed by atoms with Gasteiger partial charge in [-0.3, -0.25) is 9.59 Å². The highest BCUT2D eigenvalue weighted by Gasteiger charge is 2.15. The van der Waals surface area contributed by atoms with Crippen molar-refractivity contribution in [1.29, 1.82) is 0 Å². The number of carboxylic acids is 1. The molecule has 160 valence electrons. The zero-order valence-electron chi connectivity index (χ0n) is 16.4. The van der Waals surface area contributed by atoms with Crippen LogP contribution in [-0.4, -0.2) is 41.4 Å². The predicted molar refractivity (Wildman–Crippen MR) is 115 cm³/mol. The monoisotopic (exact) mass is 431 g/mol. The maximum atomic E-state index is 12.3. The molecule has 0 saturated carbocycles. The number of anilines is 1. The first-order valence-electron chi connectivity index (χ1n) is 9.40. The number of para-hydroxylation sites is 1. The number of nitrogens with one attached hydrogen (secondary N) is 2. The Kier molecular flexibility index (Phi) is 9.69. The molecule has 0 aliphatic heterocycles. The molecular formula is C21H25N3O5S. The summed E-state index contributed by atoms with van der Waals surface area (Å²) in [5.74, 6) is -1.41. The van der Waals surface area contributed by atoms with E-state index in [2.05, 4.69) is 10.6 Å². The third-order valence-corrected chi connectivity index (χ3v) is 5.07. The van der Waals surface area contributed by atoms with Gasteiger partial charge in [0.2, 0.25) is 5.91 Å². The van der Waals surface area contributed by atoms with Gasteiger partial charge in [0.25, 0.3) is 0 Å². The van der Waals surface area contributed by atoms with Crippen molar-refractivity contribution in [1.82, 2.24) is 5.32 Å². The molecule has 0 fully saturated rings. The average Bonchev–Trinajstić information content (AvgIpc) is 2.75. The van der Waals surface area contributed by atoms with Gasteiger partial charge in [0.05, 0.1) is 17.5 Å². The molecule has 2 aromatic rings. The van der Waals surface area contributed by atoms with E-state index in [9.17, 15) is 14.4 Å². The van der Waals surface area contributed by atoms with Gasteiger partial charge < -0.3 is 26.2 Å². The van der Waals surface area contributed by atoms with Crippen LogP contribution in [0.5, 0.6) is 0 Å². The molecule has 0 aromatic heterocycles. The van der Waals surface area contributed by atoms with Crippen molar-refractivity contribution in [2.45, 2.75) is 30.4 Å². The van der Waals surface area contributed by atoms with Crippen LogP contribution in [0.4, 0.5) is 10.5 Å². The fraction of sp³-hybridized carbons (Fsp3) is 0.286. The molecule has 8 nitrogen and oxygen atoms in total. The summed E-state index contributed by atoms with van der Waals surface area (Å²) in [7, 11) is 0. The Morgan fingerprint density at radius 1 is 1.07 bits per heavy atom. The van der Waals surface area contributed by atoms with Crippen LogP contribution in [0.1, 0.15) is 18.4 Å². The van der Waals surface area contributed by atoms with E-state index >= 15 is 0 Å². The number of benzene rings is 2. The van der Waals surface area contributed by atoms with Crippen molar-refractivity contribution >= 4 is 35.4 Å². The van der Waals surface area contributed by atoms with E-state index in [1.54, 1.807) is 24.3 Å². The molecule has 0 heterocycles. The van der Waals surface area contributed by atoms with Crippen LogP contribution in [0.15, 0.2) is 59.5 Å². The van der Waals surface area contributed by atoms with Crippen molar-refractivity contribution < 1.29 is 24.2 Å². The number of thioether (sulfide) groups is 1. The number of carboxylic acid groups (broad SMARTS) is 1. The quantitative estimate of drug-likeness (QED) is 0.318. The van der Waals surface area contributed by atoms with E-state index < -0.39 is 18.1 Å². The maximum absolute atomic E-state index is 12.3. The van der Waals surface area contributed by atoms with Crippen molar-refractivity contribution in [2.75, 3.05) is 17.6 Å². The van der Waals surface area contributed by atoms with Crippen molar-refractivity contribution in [3.05, 3.63) is 60.2 Å². The van der Waals surface area contributed by atoms with Crippen LogP contribution >= 0.6 is 11.8 Å². The summed E-state index contributed by atoms with van der Waals surface area (Å²) < 4.78 is 5.11. The number of rotatable bonds is 11. The van der Waals surface area contributed by atoms with E-state index in [0.717, 1.165) is 17.3 Å². The topological polar surface area (TPSA) is 131 Å². The Bertz CT molecular complexity index is 848. The van der Waals surface area contributed by atoms with Crippen LogP contribution in [0.25, 0.3) is 0 Å². The maximum Gasteiger partial charge on any atom is 0.407 e. The second-order valence-corrected chi connectivity index (χ2v) is 7.42. The molecule has 0 saturated heterocycles. The lowest BCUT2D eigenvalue weighted by Crippen LogP contribution is -2.36. The largest absolute Gasteiger partial charge is 0.481 e. The minimum atomic E-state index is -0.937. The molecule has 0 bridgehead atoms. The smallest absolute Gasteiger partial charge is 0.407 e. The number of carbonyl (C=O) groups is 3. The zero-order chi connectivity index (χ0) is 21.8. The van der Waals surface area contributed by atoms with E-state index in [4.69, 9.17) is 15.6 Å². The number of alkyl carbamates (subject to hydrolysis) is 1. The fourth-order valence-corrected chi connectivity index (χ4v) is 3.21. The summed E-state index contributed by atoms with van der Waals surface area (Å²) in [5.41, 5.74) is 7.35. The van der Waals surface area contributed by atoms with Gasteiger partial charge in [-0.25, -0.2) is 4.79 Å². The number of carbonyl (C=O) groups excluding carboxylic acids is 2. The molecule has 5 N–H and O–H groups in total. The van der Waals surface area contributed by atoms with Gasteiger partial charge in [-0.1, -0.05) is 42.5 Å². The van der Waals surface area contributed by atoms with E-state index in [1.165, 1.54) is 0 Å². The van der Waals surface area contributed by atoms with Crippen molar-refractivity contribution in [3.63, 3.8) is 0 Å². The predicted octanol–water partition coefficient (Wildman–Crippen LogP) is 2.84. The number of nitrogens with two attached hydrogens (primary N) is 1. The van der Waals surface area contributed by atoms with E-state index in [-0.39, 0.29) is 18.3 Å².